The number of benzene rings is 1. The van der Waals surface area contributed by atoms with Crippen LogP contribution < -0.4 is 10.1 Å². The van der Waals surface area contributed by atoms with E-state index in [0.29, 0.717) is 23.6 Å². The Morgan fingerprint density at radius 2 is 2.13 bits per heavy atom. The third-order valence-corrected chi connectivity index (χ3v) is 6.05. The van der Waals surface area contributed by atoms with Crippen LogP contribution in [0.15, 0.2) is 34.7 Å². The Morgan fingerprint density at radius 3 is 2.84 bits per heavy atom. The van der Waals surface area contributed by atoms with Crippen molar-refractivity contribution in [3.63, 3.8) is 0 Å². The molecule has 4 rings (SSSR count). The van der Waals surface area contributed by atoms with Gasteiger partial charge in [0.2, 0.25) is 5.91 Å². The van der Waals surface area contributed by atoms with E-state index in [0.717, 1.165) is 41.2 Å². The number of furan rings is 1. The van der Waals surface area contributed by atoms with Crippen molar-refractivity contribution in [2.45, 2.75) is 52.6 Å². The fourth-order valence-electron chi connectivity index (χ4n) is 4.28. The Bertz CT molecular complexity index is 1140. The zero-order valence-corrected chi connectivity index (χ0v) is 19.1. The molecule has 0 radical (unpaired) electrons. The normalized spacial score (nSPS) is 17.2. The summed E-state index contributed by atoms with van der Waals surface area (Å²) in [5.41, 5.74) is 2.08. The number of hydrogen-bond acceptors (Lipinski definition) is 5. The third kappa shape index (κ3) is 4.58. The zero-order chi connectivity index (χ0) is 22.2. The smallest absolute Gasteiger partial charge is 0.222 e. The minimum absolute atomic E-state index is 0.0173. The van der Waals surface area contributed by atoms with Gasteiger partial charge in [0.1, 0.15) is 17.3 Å². The van der Waals surface area contributed by atoms with Crippen molar-refractivity contribution in [2.24, 2.45) is 5.41 Å². The van der Waals surface area contributed by atoms with E-state index < -0.39 is 0 Å². The van der Waals surface area contributed by atoms with Gasteiger partial charge in [0.15, 0.2) is 10.6 Å². The molecule has 31 heavy (non-hydrogen) atoms. The van der Waals surface area contributed by atoms with Gasteiger partial charge in [0.05, 0.1) is 13.2 Å². The summed E-state index contributed by atoms with van der Waals surface area (Å²) < 4.78 is 13.4. The Labute approximate surface area is 186 Å². The van der Waals surface area contributed by atoms with Crippen LogP contribution in [0.1, 0.15) is 49.8 Å². The monoisotopic (exact) mass is 440 g/mol. The second-order valence-electron chi connectivity index (χ2n) is 8.88. The molecular formula is C23H28N4O3S. The maximum atomic E-state index is 12.8. The second-order valence-corrected chi connectivity index (χ2v) is 9.27. The number of hydrogen-bond donors (Lipinski definition) is 2. The van der Waals surface area contributed by atoms with Crippen molar-refractivity contribution < 1.29 is 13.9 Å². The highest BCUT2D eigenvalue weighted by Crippen LogP contribution is 2.42. The maximum absolute atomic E-state index is 12.8. The van der Waals surface area contributed by atoms with E-state index >= 15 is 0 Å². The highest BCUT2D eigenvalue weighted by atomic mass is 32.1. The number of methoxy groups -OCH3 is 1. The van der Waals surface area contributed by atoms with Gasteiger partial charge in [-0.15, -0.1) is 0 Å². The first-order valence-electron chi connectivity index (χ1n) is 10.4. The van der Waals surface area contributed by atoms with Gasteiger partial charge in [0.25, 0.3) is 0 Å². The van der Waals surface area contributed by atoms with Crippen LogP contribution in [0.25, 0.3) is 11.4 Å². The Hall–Kier alpha value is -2.87. The molecule has 1 aliphatic carbocycles. The number of ether oxygens (including phenoxy) is 1. The first-order chi connectivity index (χ1) is 14.8. The van der Waals surface area contributed by atoms with E-state index in [1.165, 1.54) is 0 Å². The number of H-pyrrole nitrogens is 1. The SMILES string of the molecule is COc1ccc(-c2n[nH]c(=S)n2CCC(=O)NC2CC(C)(C)Cc3oc(C)cc32)cc1. The van der Waals surface area contributed by atoms with Crippen LogP contribution in [0.4, 0.5) is 0 Å². The minimum Gasteiger partial charge on any atom is -0.497 e. The summed E-state index contributed by atoms with van der Waals surface area (Å²) in [4.78, 5) is 12.8. The van der Waals surface area contributed by atoms with Crippen molar-refractivity contribution >= 4 is 18.1 Å². The van der Waals surface area contributed by atoms with Crippen molar-refractivity contribution in [3.8, 4) is 17.1 Å². The molecule has 0 fully saturated rings. The van der Waals surface area contributed by atoms with E-state index in [1.54, 1.807) is 7.11 Å². The fourth-order valence-corrected chi connectivity index (χ4v) is 4.50. The molecule has 0 bridgehead atoms. The molecule has 0 aliphatic heterocycles. The Kier molecular flexibility index (Phi) is 5.75. The van der Waals surface area contributed by atoms with Gasteiger partial charge in [-0.05, 0) is 61.3 Å². The number of carbonyl (C=O) groups is 1. The molecule has 1 aliphatic rings. The number of aromatic nitrogens is 3. The molecule has 164 valence electrons. The molecule has 1 atom stereocenters. The third-order valence-electron chi connectivity index (χ3n) is 5.74. The molecule has 0 saturated carbocycles. The maximum Gasteiger partial charge on any atom is 0.222 e. The second kappa shape index (κ2) is 8.34. The Balaban J connectivity index is 1.46. The van der Waals surface area contributed by atoms with Gasteiger partial charge in [-0.1, -0.05) is 13.8 Å². The molecule has 8 heteroatoms. The highest BCUT2D eigenvalue weighted by Gasteiger charge is 2.35. The van der Waals surface area contributed by atoms with Gasteiger partial charge in [-0.25, -0.2) is 0 Å². The number of carbonyl (C=O) groups excluding carboxylic acids is 1. The predicted molar refractivity (Wildman–Crippen MR) is 120 cm³/mol. The van der Waals surface area contributed by atoms with Crippen LogP contribution in [0.2, 0.25) is 0 Å². The number of aromatic amines is 1. The average Bonchev–Trinajstić information content (AvgIpc) is 3.27. The molecule has 1 aromatic carbocycles. The van der Waals surface area contributed by atoms with Crippen LogP contribution >= 0.6 is 12.2 Å². The molecule has 1 unspecified atom stereocenters. The van der Waals surface area contributed by atoms with E-state index in [9.17, 15) is 4.79 Å². The molecule has 3 aromatic rings. The molecule has 2 aromatic heterocycles. The number of aryl methyl sites for hydroxylation is 1. The summed E-state index contributed by atoms with van der Waals surface area (Å²) in [6, 6.07) is 9.60. The zero-order valence-electron chi connectivity index (χ0n) is 18.3. The summed E-state index contributed by atoms with van der Waals surface area (Å²) in [6.45, 7) is 6.80. The number of fused-ring (bicyclic) bond motifs is 1. The summed E-state index contributed by atoms with van der Waals surface area (Å²) in [5.74, 6) is 3.32. The molecule has 2 N–H and O–H groups in total. The standard InChI is InChI=1S/C23H28N4O3S/c1-14-11-17-18(12-23(2,3)13-19(17)30-14)24-20(28)9-10-27-21(25-26-22(27)31)15-5-7-16(29-4)8-6-15/h5-8,11,18H,9-10,12-13H2,1-4H3,(H,24,28)(H,26,31). The van der Waals surface area contributed by atoms with Crippen LogP contribution in [0.5, 0.6) is 5.75 Å². The van der Waals surface area contributed by atoms with Gasteiger partial charge >= 0.3 is 0 Å². The molecule has 0 spiro atoms. The number of amides is 1. The van der Waals surface area contributed by atoms with Crippen molar-refractivity contribution in [1.29, 1.82) is 0 Å². The van der Waals surface area contributed by atoms with Gasteiger partial charge < -0.3 is 14.5 Å². The lowest BCUT2D eigenvalue weighted by Crippen LogP contribution is -2.36. The first-order valence-corrected chi connectivity index (χ1v) is 10.8. The minimum atomic E-state index is -0.0397. The van der Waals surface area contributed by atoms with Gasteiger partial charge in [-0.3, -0.25) is 14.5 Å². The molecule has 7 nitrogen and oxygen atoms in total. The lowest BCUT2D eigenvalue weighted by atomic mass is 9.74. The molecular weight excluding hydrogens is 412 g/mol. The number of nitrogens with one attached hydrogen (secondary N) is 2. The van der Waals surface area contributed by atoms with Crippen LogP contribution in [0.3, 0.4) is 0 Å². The van der Waals surface area contributed by atoms with E-state index in [4.69, 9.17) is 21.4 Å². The first kappa shape index (κ1) is 21.4. The van der Waals surface area contributed by atoms with Crippen LogP contribution in [-0.2, 0) is 17.8 Å². The number of rotatable bonds is 6. The Morgan fingerprint density at radius 1 is 1.39 bits per heavy atom. The molecule has 2 heterocycles. The lowest BCUT2D eigenvalue weighted by Gasteiger charge is -2.34. The van der Waals surface area contributed by atoms with Crippen molar-refractivity contribution in [2.75, 3.05) is 7.11 Å². The lowest BCUT2D eigenvalue weighted by molar-refractivity contribution is -0.122. The number of nitrogens with zero attached hydrogens (tertiary/aromatic N) is 2. The summed E-state index contributed by atoms with van der Waals surface area (Å²) >= 11 is 5.40. The molecule has 1 amide bonds. The van der Waals surface area contributed by atoms with E-state index in [-0.39, 0.29) is 17.4 Å². The largest absolute Gasteiger partial charge is 0.497 e. The van der Waals surface area contributed by atoms with E-state index in [2.05, 4.69) is 29.4 Å². The van der Waals surface area contributed by atoms with Gasteiger partial charge in [0, 0.05) is 30.5 Å². The highest BCUT2D eigenvalue weighted by molar-refractivity contribution is 7.71. The van der Waals surface area contributed by atoms with E-state index in [1.807, 2.05) is 41.8 Å². The van der Waals surface area contributed by atoms with Crippen LogP contribution in [0, 0.1) is 17.1 Å². The summed E-state index contributed by atoms with van der Waals surface area (Å²) in [7, 11) is 1.63. The fraction of sp³-hybridized carbons (Fsp3) is 0.435. The summed E-state index contributed by atoms with van der Waals surface area (Å²) in [5, 5.41) is 10.4. The van der Waals surface area contributed by atoms with Gasteiger partial charge in [-0.2, -0.15) is 5.10 Å². The quantitative estimate of drug-likeness (QED) is 0.541. The predicted octanol–water partition coefficient (Wildman–Crippen LogP) is 4.74. The molecule has 0 saturated heterocycles. The topological polar surface area (TPSA) is 85.1 Å². The van der Waals surface area contributed by atoms with Crippen molar-refractivity contribution in [1.82, 2.24) is 20.1 Å². The van der Waals surface area contributed by atoms with Crippen LogP contribution in [-0.4, -0.2) is 27.8 Å². The summed E-state index contributed by atoms with van der Waals surface area (Å²) in [6.07, 6.45) is 2.07. The van der Waals surface area contributed by atoms with Crippen molar-refractivity contribution in [3.05, 3.63) is 52.2 Å². The average molecular weight is 441 g/mol.